The van der Waals surface area contributed by atoms with Gasteiger partial charge in [0.25, 0.3) is 5.91 Å². The first-order valence-corrected chi connectivity index (χ1v) is 9.48. The third-order valence-corrected chi connectivity index (χ3v) is 5.30. The summed E-state index contributed by atoms with van der Waals surface area (Å²) in [5.74, 6) is 0.386. The highest BCUT2D eigenvalue weighted by atomic mass is 79.9. The number of rotatable bonds is 6. The Morgan fingerprint density at radius 2 is 2.22 bits per heavy atom. The maximum Gasteiger partial charge on any atom is 0.253 e. The Labute approximate surface area is 166 Å². The fourth-order valence-corrected chi connectivity index (χ4v) is 3.17. The molecule has 1 saturated heterocycles. The quantitative estimate of drug-likeness (QED) is 0.692. The van der Waals surface area contributed by atoms with E-state index in [0.29, 0.717) is 30.9 Å². The van der Waals surface area contributed by atoms with Crippen LogP contribution in [0, 0.1) is 6.92 Å². The molecule has 0 bridgehead atoms. The molecule has 0 aliphatic carbocycles. The molecule has 1 aromatic carbocycles. The number of benzene rings is 1. The molecule has 7 heteroatoms. The van der Waals surface area contributed by atoms with Gasteiger partial charge in [0.05, 0.1) is 5.56 Å². The number of nitrogens with zero attached hydrogens (tertiary/aromatic N) is 2. The Balaban J connectivity index is 1.64. The molecule has 1 unspecified atom stereocenters. The number of nitrogens with one attached hydrogen (secondary N) is 2. The van der Waals surface area contributed by atoms with E-state index in [4.69, 9.17) is 0 Å². The predicted octanol–water partition coefficient (Wildman–Crippen LogP) is 3.29. The normalized spacial score (nSPS) is 16.3. The highest BCUT2D eigenvalue weighted by molar-refractivity contribution is 9.10. The standard InChI is InChI=1S/C20H21BrN4O2/c1-3-9-22-19(26)14-4-7-18(23-12-14)24-17-8-10-25(20(17)27)15-5-6-16(21)13(2)11-15/h3-7,11-12,17H,1,8-10H2,2H3,(H,22,26)(H,23,24). The number of carbonyl (C=O) groups excluding carboxylic acids is 2. The summed E-state index contributed by atoms with van der Waals surface area (Å²) in [6, 6.07) is 8.95. The molecule has 6 nitrogen and oxygen atoms in total. The number of hydrogen-bond donors (Lipinski definition) is 2. The van der Waals surface area contributed by atoms with Gasteiger partial charge in [0.1, 0.15) is 11.9 Å². The second-order valence-corrected chi connectivity index (χ2v) is 7.19. The molecular weight excluding hydrogens is 408 g/mol. The van der Waals surface area contributed by atoms with E-state index >= 15 is 0 Å². The van der Waals surface area contributed by atoms with Crippen LogP contribution in [0.2, 0.25) is 0 Å². The molecule has 2 N–H and O–H groups in total. The van der Waals surface area contributed by atoms with E-state index < -0.39 is 0 Å². The van der Waals surface area contributed by atoms with Crippen molar-refractivity contribution in [2.24, 2.45) is 0 Å². The average molecular weight is 429 g/mol. The molecule has 1 atom stereocenters. The van der Waals surface area contributed by atoms with Crippen LogP contribution in [0.1, 0.15) is 22.3 Å². The van der Waals surface area contributed by atoms with E-state index in [-0.39, 0.29) is 17.9 Å². The molecule has 140 valence electrons. The van der Waals surface area contributed by atoms with Crippen molar-refractivity contribution in [2.45, 2.75) is 19.4 Å². The number of amides is 2. The first-order valence-electron chi connectivity index (χ1n) is 8.69. The summed E-state index contributed by atoms with van der Waals surface area (Å²) in [6.07, 6.45) is 3.80. The summed E-state index contributed by atoms with van der Waals surface area (Å²) in [4.78, 5) is 30.7. The Hall–Kier alpha value is -2.67. The number of aryl methyl sites for hydroxylation is 1. The molecule has 1 aromatic heterocycles. The van der Waals surface area contributed by atoms with Gasteiger partial charge < -0.3 is 15.5 Å². The van der Waals surface area contributed by atoms with Gasteiger partial charge in [-0.05, 0) is 49.2 Å². The third-order valence-electron chi connectivity index (χ3n) is 4.41. The molecule has 3 rings (SSSR count). The molecule has 0 radical (unpaired) electrons. The van der Waals surface area contributed by atoms with E-state index in [2.05, 4.69) is 38.1 Å². The molecule has 0 saturated carbocycles. The van der Waals surface area contributed by atoms with Crippen molar-refractivity contribution < 1.29 is 9.59 Å². The lowest BCUT2D eigenvalue weighted by Gasteiger charge is -2.18. The SMILES string of the molecule is C=CCNC(=O)c1ccc(NC2CCN(c3ccc(Br)c(C)c3)C2=O)nc1. The summed E-state index contributed by atoms with van der Waals surface area (Å²) in [6.45, 7) is 6.62. The van der Waals surface area contributed by atoms with Crippen molar-refractivity contribution in [1.29, 1.82) is 0 Å². The summed E-state index contributed by atoms with van der Waals surface area (Å²) >= 11 is 3.48. The molecule has 2 aromatic rings. The van der Waals surface area contributed by atoms with Gasteiger partial charge in [0, 0.05) is 29.4 Å². The molecule has 2 heterocycles. The second kappa shape index (κ2) is 8.35. The number of carbonyl (C=O) groups is 2. The summed E-state index contributed by atoms with van der Waals surface area (Å²) in [5, 5.41) is 5.87. The lowest BCUT2D eigenvalue weighted by Crippen LogP contribution is -2.33. The van der Waals surface area contributed by atoms with Crippen LogP contribution in [0.3, 0.4) is 0 Å². The highest BCUT2D eigenvalue weighted by Crippen LogP contribution is 2.27. The zero-order valence-corrected chi connectivity index (χ0v) is 16.6. The highest BCUT2D eigenvalue weighted by Gasteiger charge is 2.32. The summed E-state index contributed by atoms with van der Waals surface area (Å²) < 4.78 is 1.02. The minimum Gasteiger partial charge on any atom is -0.358 e. The second-order valence-electron chi connectivity index (χ2n) is 6.34. The lowest BCUT2D eigenvalue weighted by atomic mass is 10.2. The molecule has 27 heavy (non-hydrogen) atoms. The smallest absolute Gasteiger partial charge is 0.253 e. The van der Waals surface area contributed by atoms with Crippen molar-refractivity contribution in [2.75, 3.05) is 23.3 Å². The Morgan fingerprint density at radius 1 is 1.41 bits per heavy atom. The van der Waals surface area contributed by atoms with Gasteiger partial charge in [0.2, 0.25) is 5.91 Å². The van der Waals surface area contributed by atoms with Crippen molar-refractivity contribution >= 4 is 39.2 Å². The maximum atomic E-state index is 12.8. The van der Waals surface area contributed by atoms with Gasteiger partial charge in [-0.25, -0.2) is 4.98 Å². The number of anilines is 2. The van der Waals surface area contributed by atoms with E-state index in [9.17, 15) is 9.59 Å². The summed E-state index contributed by atoms with van der Waals surface area (Å²) in [5.41, 5.74) is 2.45. The third kappa shape index (κ3) is 4.36. The number of halogens is 1. The van der Waals surface area contributed by atoms with Gasteiger partial charge in [-0.1, -0.05) is 22.0 Å². The van der Waals surface area contributed by atoms with E-state index in [1.54, 1.807) is 23.1 Å². The first kappa shape index (κ1) is 19.1. The Morgan fingerprint density at radius 3 is 2.89 bits per heavy atom. The van der Waals surface area contributed by atoms with Crippen molar-refractivity contribution in [3.63, 3.8) is 0 Å². The molecule has 2 amide bonds. The first-order chi connectivity index (χ1) is 13.0. The topological polar surface area (TPSA) is 74.3 Å². The monoisotopic (exact) mass is 428 g/mol. The minimum absolute atomic E-state index is 0.0197. The maximum absolute atomic E-state index is 12.8. The zero-order valence-electron chi connectivity index (χ0n) is 15.0. The van der Waals surface area contributed by atoms with Crippen molar-refractivity contribution in [3.8, 4) is 0 Å². The van der Waals surface area contributed by atoms with Gasteiger partial charge in [-0.15, -0.1) is 6.58 Å². The van der Waals surface area contributed by atoms with Crippen LogP contribution in [-0.4, -0.2) is 35.9 Å². The van der Waals surface area contributed by atoms with Gasteiger partial charge in [0.15, 0.2) is 0 Å². The van der Waals surface area contributed by atoms with Gasteiger partial charge in [-0.3, -0.25) is 9.59 Å². The fraction of sp³-hybridized carbons (Fsp3) is 0.250. The van der Waals surface area contributed by atoms with E-state index in [0.717, 1.165) is 15.7 Å². The molecular formula is C20H21BrN4O2. The lowest BCUT2D eigenvalue weighted by molar-refractivity contribution is -0.117. The Bertz CT molecular complexity index is 867. The van der Waals surface area contributed by atoms with Crippen LogP contribution < -0.4 is 15.5 Å². The molecule has 1 aliphatic rings. The van der Waals surface area contributed by atoms with Crippen LogP contribution in [0.25, 0.3) is 0 Å². The largest absolute Gasteiger partial charge is 0.358 e. The van der Waals surface area contributed by atoms with E-state index in [1.807, 2.05) is 25.1 Å². The number of aromatic nitrogens is 1. The molecule has 1 aliphatic heterocycles. The van der Waals surface area contributed by atoms with Crippen LogP contribution in [0.4, 0.5) is 11.5 Å². The van der Waals surface area contributed by atoms with Crippen LogP contribution in [0.5, 0.6) is 0 Å². The molecule has 1 fully saturated rings. The predicted molar refractivity (Wildman–Crippen MR) is 110 cm³/mol. The van der Waals surface area contributed by atoms with Crippen molar-refractivity contribution in [1.82, 2.24) is 10.3 Å². The number of pyridine rings is 1. The van der Waals surface area contributed by atoms with E-state index in [1.165, 1.54) is 6.20 Å². The average Bonchev–Trinajstić information content (AvgIpc) is 3.03. The fourth-order valence-electron chi connectivity index (χ4n) is 2.93. The van der Waals surface area contributed by atoms with Crippen LogP contribution >= 0.6 is 15.9 Å². The van der Waals surface area contributed by atoms with Crippen LogP contribution in [-0.2, 0) is 4.79 Å². The summed E-state index contributed by atoms with van der Waals surface area (Å²) in [7, 11) is 0. The zero-order chi connectivity index (χ0) is 19.4. The number of hydrogen-bond acceptors (Lipinski definition) is 4. The molecule has 0 spiro atoms. The van der Waals surface area contributed by atoms with Gasteiger partial charge in [-0.2, -0.15) is 0 Å². The minimum atomic E-state index is -0.332. The van der Waals surface area contributed by atoms with Crippen LogP contribution in [0.15, 0.2) is 53.7 Å². The van der Waals surface area contributed by atoms with Crippen molar-refractivity contribution in [3.05, 3.63) is 64.8 Å². The Kier molecular flexibility index (Phi) is 5.91. The van der Waals surface area contributed by atoms with Gasteiger partial charge >= 0.3 is 0 Å².